The van der Waals surface area contributed by atoms with E-state index in [2.05, 4.69) is 43.2 Å². The van der Waals surface area contributed by atoms with Gasteiger partial charge in [0, 0.05) is 32.2 Å². The van der Waals surface area contributed by atoms with Crippen molar-refractivity contribution in [3.05, 3.63) is 40.5 Å². The molecule has 0 spiro atoms. The SMILES string of the molecule is CC1=C(C)CN(C[C@@H](NC(=O)[C@H]2Cc3ccc(O)cc3CN2)C(C)C)CC1. The first-order chi connectivity index (χ1) is 12.8. The number of aromatic hydroxyl groups is 1. The summed E-state index contributed by atoms with van der Waals surface area (Å²) in [6.45, 7) is 12.4. The number of nitrogens with zero attached hydrogens (tertiary/aromatic N) is 1. The topological polar surface area (TPSA) is 64.6 Å². The van der Waals surface area contributed by atoms with Crippen LogP contribution in [0, 0.1) is 5.92 Å². The molecule has 0 saturated carbocycles. The van der Waals surface area contributed by atoms with Crippen LogP contribution in [-0.2, 0) is 17.8 Å². The molecule has 2 aliphatic heterocycles. The maximum atomic E-state index is 12.9. The summed E-state index contributed by atoms with van der Waals surface area (Å²) in [5, 5.41) is 16.2. The largest absolute Gasteiger partial charge is 0.508 e. The summed E-state index contributed by atoms with van der Waals surface area (Å²) in [6, 6.07) is 5.34. The Kier molecular flexibility index (Phi) is 6.22. The first kappa shape index (κ1) is 19.9. The molecule has 0 unspecified atom stereocenters. The highest BCUT2D eigenvalue weighted by Crippen LogP contribution is 2.22. The summed E-state index contributed by atoms with van der Waals surface area (Å²) in [4.78, 5) is 15.4. The third-order valence-corrected chi connectivity index (χ3v) is 6.05. The molecule has 148 valence electrons. The van der Waals surface area contributed by atoms with Gasteiger partial charge in [-0.15, -0.1) is 0 Å². The van der Waals surface area contributed by atoms with Gasteiger partial charge >= 0.3 is 0 Å². The fourth-order valence-corrected chi connectivity index (χ4v) is 3.92. The molecular weight excluding hydrogens is 338 g/mol. The molecule has 0 radical (unpaired) electrons. The van der Waals surface area contributed by atoms with Crippen molar-refractivity contribution in [3.63, 3.8) is 0 Å². The summed E-state index contributed by atoms with van der Waals surface area (Å²) < 4.78 is 0. The lowest BCUT2D eigenvalue weighted by molar-refractivity contribution is -0.124. The van der Waals surface area contributed by atoms with E-state index in [9.17, 15) is 9.90 Å². The van der Waals surface area contributed by atoms with E-state index in [0.717, 1.165) is 37.2 Å². The molecule has 27 heavy (non-hydrogen) atoms. The van der Waals surface area contributed by atoms with Crippen LogP contribution in [0.2, 0.25) is 0 Å². The van der Waals surface area contributed by atoms with E-state index in [-0.39, 0.29) is 23.7 Å². The lowest BCUT2D eigenvalue weighted by atomic mass is 9.94. The van der Waals surface area contributed by atoms with Crippen molar-refractivity contribution >= 4 is 5.91 Å². The molecule has 0 bridgehead atoms. The van der Waals surface area contributed by atoms with Crippen molar-refractivity contribution in [2.24, 2.45) is 5.92 Å². The Hall–Kier alpha value is -1.85. The maximum Gasteiger partial charge on any atom is 0.237 e. The fourth-order valence-electron chi connectivity index (χ4n) is 3.92. The Balaban J connectivity index is 1.60. The van der Waals surface area contributed by atoms with Gasteiger partial charge in [0.25, 0.3) is 0 Å². The van der Waals surface area contributed by atoms with Gasteiger partial charge in [0.2, 0.25) is 5.91 Å². The van der Waals surface area contributed by atoms with E-state index in [1.54, 1.807) is 12.1 Å². The second-order valence-electron chi connectivity index (χ2n) is 8.50. The second-order valence-corrected chi connectivity index (χ2v) is 8.50. The molecule has 2 aliphatic rings. The number of hydrogen-bond donors (Lipinski definition) is 3. The lowest BCUT2D eigenvalue weighted by Gasteiger charge is -2.35. The van der Waals surface area contributed by atoms with E-state index in [1.807, 2.05) is 6.07 Å². The van der Waals surface area contributed by atoms with Gasteiger partial charge in [-0.3, -0.25) is 9.69 Å². The first-order valence-corrected chi connectivity index (χ1v) is 10.1. The molecule has 2 atom stereocenters. The van der Waals surface area contributed by atoms with E-state index in [4.69, 9.17) is 0 Å². The highest BCUT2D eigenvalue weighted by Gasteiger charge is 2.28. The number of hydrogen-bond acceptors (Lipinski definition) is 4. The van der Waals surface area contributed by atoms with Crippen LogP contribution in [-0.4, -0.2) is 47.6 Å². The number of benzene rings is 1. The highest BCUT2D eigenvalue weighted by atomic mass is 16.3. The van der Waals surface area contributed by atoms with Gasteiger partial charge in [0.1, 0.15) is 5.75 Å². The minimum Gasteiger partial charge on any atom is -0.508 e. The molecule has 3 N–H and O–H groups in total. The monoisotopic (exact) mass is 371 g/mol. The van der Waals surface area contributed by atoms with Crippen LogP contribution < -0.4 is 10.6 Å². The van der Waals surface area contributed by atoms with Gasteiger partial charge in [-0.2, -0.15) is 0 Å². The fraction of sp³-hybridized carbons (Fsp3) is 0.591. The van der Waals surface area contributed by atoms with Crippen molar-refractivity contribution in [1.82, 2.24) is 15.5 Å². The molecule has 5 heteroatoms. The van der Waals surface area contributed by atoms with E-state index in [0.29, 0.717) is 18.9 Å². The molecule has 0 aromatic heterocycles. The van der Waals surface area contributed by atoms with Gasteiger partial charge in [-0.25, -0.2) is 0 Å². The van der Waals surface area contributed by atoms with Crippen molar-refractivity contribution in [1.29, 1.82) is 0 Å². The summed E-state index contributed by atoms with van der Waals surface area (Å²) in [7, 11) is 0. The van der Waals surface area contributed by atoms with Crippen LogP contribution in [0.5, 0.6) is 5.75 Å². The summed E-state index contributed by atoms with van der Waals surface area (Å²) in [5.74, 6) is 0.737. The molecule has 2 heterocycles. The van der Waals surface area contributed by atoms with Crippen molar-refractivity contribution < 1.29 is 9.90 Å². The van der Waals surface area contributed by atoms with Crippen molar-refractivity contribution in [2.45, 2.75) is 59.2 Å². The van der Waals surface area contributed by atoms with E-state index in [1.165, 1.54) is 11.1 Å². The van der Waals surface area contributed by atoms with E-state index < -0.39 is 0 Å². The Morgan fingerprint density at radius 1 is 1.30 bits per heavy atom. The number of amides is 1. The van der Waals surface area contributed by atoms with Crippen LogP contribution in [0.15, 0.2) is 29.3 Å². The molecule has 3 rings (SSSR count). The zero-order chi connectivity index (χ0) is 19.6. The van der Waals surface area contributed by atoms with Crippen LogP contribution in [0.1, 0.15) is 45.2 Å². The maximum absolute atomic E-state index is 12.9. The number of fused-ring (bicyclic) bond motifs is 1. The van der Waals surface area contributed by atoms with Gasteiger partial charge < -0.3 is 15.7 Å². The molecule has 5 nitrogen and oxygen atoms in total. The normalized spacial score (nSPS) is 21.9. The molecule has 0 saturated heterocycles. The molecular formula is C22H33N3O2. The van der Waals surface area contributed by atoms with Crippen molar-refractivity contribution in [3.8, 4) is 5.75 Å². The predicted octanol–water partition coefficient (Wildman–Crippen LogP) is 2.59. The van der Waals surface area contributed by atoms with Crippen LogP contribution in [0.3, 0.4) is 0 Å². The van der Waals surface area contributed by atoms with E-state index >= 15 is 0 Å². The number of rotatable bonds is 5. The summed E-state index contributed by atoms with van der Waals surface area (Å²) >= 11 is 0. The van der Waals surface area contributed by atoms with Gasteiger partial charge in [-0.1, -0.05) is 31.1 Å². The zero-order valence-electron chi connectivity index (χ0n) is 17.0. The smallest absolute Gasteiger partial charge is 0.237 e. The second kappa shape index (κ2) is 8.44. The number of carbonyl (C=O) groups is 1. The minimum absolute atomic E-state index is 0.0767. The summed E-state index contributed by atoms with van der Waals surface area (Å²) in [6.07, 6.45) is 1.79. The standard InChI is InChI=1S/C22H33N3O2/c1-14(2)21(13-25-8-7-15(3)16(4)12-25)24-22(27)20-10-17-5-6-19(26)9-18(17)11-23-20/h5-6,9,14,20-21,23,26H,7-8,10-13H2,1-4H3,(H,24,27)/t20-,21-/m1/s1. The molecule has 1 aromatic rings. The number of carbonyl (C=O) groups excluding carboxylic acids is 1. The Morgan fingerprint density at radius 3 is 2.78 bits per heavy atom. The molecule has 1 amide bonds. The Labute approximate surface area is 162 Å². The zero-order valence-corrected chi connectivity index (χ0v) is 17.0. The number of phenols is 1. The van der Waals surface area contributed by atoms with Gasteiger partial charge in [0.15, 0.2) is 0 Å². The Morgan fingerprint density at radius 2 is 2.07 bits per heavy atom. The number of phenolic OH excluding ortho intramolecular Hbond substituents is 1. The predicted molar refractivity (Wildman–Crippen MR) is 109 cm³/mol. The average molecular weight is 372 g/mol. The summed E-state index contributed by atoms with van der Waals surface area (Å²) in [5.41, 5.74) is 5.18. The third kappa shape index (κ3) is 4.90. The Bertz CT molecular complexity index is 726. The molecule has 0 fully saturated rings. The number of nitrogens with one attached hydrogen (secondary N) is 2. The average Bonchev–Trinajstić information content (AvgIpc) is 2.63. The quantitative estimate of drug-likeness (QED) is 0.696. The van der Waals surface area contributed by atoms with Gasteiger partial charge in [0.05, 0.1) is 6.04 Å². The first-order valence-electron chi connectivity index (χ1n) is 10.1. The lowest BCUT2D eigenvalue weighted by Crippen LogP contribution is -2.54. The third-order valence-electron chi connectivity index (χ3n) is 6.05. The van der Waals surface area contributed by atoms with Crippen LogP contribution in [0.4, 0.5) is 0 Å². The van der Waals surface area contributed by atoms with Crippen LogP contribution in [0.25, 0.3) is 0 Å². The highest BCUT2D eigenvalue weighted by molar-refractivity contribution is 5.82. The van der Waals surface area contributed by atoms with Crippen LogP contribution >= 0.6 is 0 Å². The minimum atomic E-state index is -0.214. The van der Waals surface area contributed by atoms with Crippen molar-refractivity contribution in [2.75, 3.05) is 19.6 Å². The molecule has 0 aliphatic carbocycles. The van der Waals surface area contributed by atoms with Gasteiger partial charge in [-0.05, 0) is 55.9 Å². The molecule has 1 aromatic carbocycles.